The van der Waals surface area contributed by atoms with Crippen LogP contribution in [0.4, 0.5) is 0 Å². The van der Waals surface area contributed by atoms with Crippen LogP contribution in [0.25, 0.3) is 0 Å². The van der Waals surface area contributed by atoms with Crippen molar-refractivity contribution in [2.75, 3.05) is 13.2 Å². The highest BCUT2D eigenvalue weighted by Crippen LogP contribution is 2.28. The van der Waals surface area contributed by atoms with Gasteiger partial charge in [0.2, 0.25) is 0 Å². The Hall–Kier alpha value is -1.36. The number of hydrogen-bond donors (Lipinski definition) is 1. The predicted octanol–water partition coefficient (Wildman–Crippen LogP) is 0.579. The molecule has 1 amide bonds. The van der Waals surface area contributed by atoms with Gasteiger partial charge in [0.05, 0.1) is 12.3 Å². The van der Waals surface area contributed by atoms with Crippen LogP contribution >= 0.6 is 0 Å². The van der Waals surface area contributed by atoms with Crippen molar-refractivity contribution in [1.82, 2.24) is 14.7 Å². The van der Waals surface area contributed by atoms with Gasteiger partial charge in [-0.3, -0.25) is 9.48 Å². The first-order valence-corrected chi connectivity index (χ1v) is 6.12. The molecule has 1 aliphatic rings. The molecule has 0 atom stereocenters. The van der Waals surface area contributed by atoms with Gasteiger partial charge in [-0.1, -0.05) is 6.92 Å². The third-order valence-corrected chi connectivity index (χ3v) is 3.10. The van der Waals surface area contributed by atoms with Crippen molar-refractivity contribution in [3.8, 4) is 0 Å². The molecular weight excluding hydrogens is 218 g/mol. The van der Waals surface area contributed by atoms with Gasteiger partial charge in [0.25, 0.3) is 5.91 Å². The number of rotatable bonds is 5. The Morgan fingerprint density at radius 3 is 2.82 bits per heavy atom. The van der Waals surface area contributed by atoms with Crippen LogP contribution in [0.2, 0.25) is 0 Å². The average molecular weight is 237 g/mol. The fourth-order valence-corrected chi connectivity index (χ4v) is 1.99. The number of aliphatic hydroxyl groups is 1. The van der Waals surface area contributed by atoms with E-state index in [1.165, 1.54) is 0 Å². The summed E-state index contributed by atoms with van der Waals surface area (Å²) >= 11 is 0. The van der Waals surface area contributed by atoms with Gasteiger partial charge in [0.15, 0.2) is 0 Å². The highest BCUT2D eigenvalue weighted by Gasteiger charge is 2.33. The maximum absolute atomic E-state index is 12.3. The molecule has 94 valence electrons. The average Bonchev–Trinajstić information content (AvgIpc) is 3.08. The molecule has 5 heteroatoms. The van der Waals surface area contributed by atoms with Gasteiger partial charge in [-0.05, 0) is 25.3 Å². The lowest BCUT2D eigenvalue weighted by Gasteiger charge is -2.21. The highest BCUT2D eigenvalue weighted by atomic mass is 16.3. The summed E-state index contributed by atoms with van der Waals surface area (Å²) in [6.45, 7) is 2.44. The number of aromatic nitrogens is 2. The molecule has 1 N–H and O–H groups in total. The molecule has 0 unspecified atom stereocenters. The summed E-state index contributed by atoms with van der Waals surface area (Å²) in [5, 5.41) is 13.3. The number of aryl methyl sites for hydroxylation is 2. The summed E-state index contributed by atoms with van der Waals surface area (Å²) in [5.74, 6) is -0.0174. The second kappa shape index (κ2) is 4.87. The molecule has 2 rings (SSSR count). The van der Waals surface area contributed by atoms with Gasteiger partial charge in [-0.15, -0.1) is 0 Å². The van der Waals surface area contributed by atoms with Gasteiger partial charge in [0, 0.05) is 19.6 Å². The van der Waals surface area contributed by atoms with Crippen LogP contribution in [-0.4, -0.2) is 44.9 Å². The zero-order valence-corrected chi connectivity index (χ0v) is 10.4. The Balaban J connectivity index is 2.18. The fraction of sp³-hybridized carbons (Fsp3) is 0.667. The molecule has 0 saturated heterocycles. The van der Waals surface area contributed by atoms with Gasteiger partial charge < -0.3 is 10.0 Å². The lowest BCUT2D eigenvalue weighted by Crippen LogP contribution is -2.36. The summed E-state index contributed by atoms with van der Waals surface area (Å²) in [6, 6.07) is 2.16. The second-order valence-electron chi connectivity index (χ2n) is 4.45. The van der Waals surface area contributed by atoms with E-state index < -0.39 is 0 Å². The van der Waals surface area contributed by atoms with Crippen molar-refractivity contribution in [1.29, 1.82) is 0 Å². The lowest BCUT2D eigenvalue weighted by molar-refractivity contribution is 0.0696. The smallest absolute Gasteiger partial charge is 0.272 e. The van der Waals surface area contributed by atoms with E-state index in [9.17, 15) is 4.79 Å². The molecule has 1 fully saturated rings. The van der Waals surface area contributed by atoms with Crippen molar-refractivity contribution in [2.24, 2.45) is 7.05 Å². The molecule has 0 aromatic carbocycles. The summed E-state index contributed by atoms with van der Waals surface area (Å²) < 4.78 is 1.63. The van der Waals surface area contributed by atoms with Crippen LogP contribution in [0.5, 0.6) is 0 Å². The minimum absolute atomic E-state index is 0.0146. The van der Waals surface area contributed by atoms with E-state index in [2.05, 4.69) is 5.10 Å². The predicted molar refractivity (Wildman–Crippen MR) is 63.7 cm³/mol. The largest absolute Gasteiger partial charge is 0.395 e. The molecule has 0 aliphatic heterocycles. The first kappa shape index (κ1) is 12.1. The van der Waals surface area contributed by atoms with Crippen molar-refractivity contribution >= 4 is 5.91 Å². The topological polar surface area (TPSA) is 58.4 Å². The number of amides is 1. The lowest BCUT2D eigenvalue weighted by atomic mass is 10.2. The molecule has 1 aliphatic carbocycles. The molecule has 1 saturated carbocycles. The van der Waals surface area contributed by atoms with Crippen molar-refractivity contribution in [2.45, 2.75) is 32.2 Å². The Bertz CT molecular complexity index is 410. The summed E-state index contributed by atoms with van der Waals surface area (Å²) in [6.07, 6.45) is 2.92. The SMILES string of the molecule is CCc1cc(C(=O)N(CCO)C2CC2)n(C)n1. The quantitative estimate of drug-likeness (QED) is 0.815. The van der Waals surface area contributed by atoms with Gasteiger partial charge in [-0.25, -0.2) is 0 Å². The third-order valence-electron chi connectivity index (χ3n) is 3.10. The Kier molecular flexibility index (Phi) is 3.47. The monoisotopic (exact) mass is 237 g/mol. The maximum atomic E-state index is 12.3. The summed E-state index contributed by atoms with van der Waals surface area (Å²) in [4.78, 5) is 14.1. The Morgan fingerprint density at radius 2 is 2.35 bits per heavy atom. The normalized spacial score (nSPS) is 15.0. The number of hydrogen-bond acceptors (Lipinski definition) is 3. The molecule has 0 radical (unpaired) electrons. The van der Waals surface area contributed by atoms with Gasteiger partial charge in [0.1, 0.15) is 5.69 Å². The van der Waals surface area contributed by atoms with E-state index in [0.717, 1.165) is 25.0 Å². The summed E-state index contributed by atoms with van der Waals surface area (Å²) in [7, 11) is 1.79. The number of carbonyl (C=O) groups is 1. The van der Waals surface area contributed by atoms with Crippen LogP contribution in [0, 0.1) is 0 Å². The number of carbonyl (C=O) groups excluding carboxylic acids is 1. The van der Waals surface area contributed by atoms with Crippen LogP contribution in [0.1, 0.15) is 35.9 Å². The minimum atomic E-state index is -0.0174. The first-order valence-electron chi connectivity index (χ1n) is 6.12. The molecule has 0 bridgehead atoms. The number of aliphatic hydroxyl groups excluding tert-OH is 1. The van der Waals surface area contributed by atoms with E-state index in [4.69, 9.17) is 5.11 Å². The molecule has 17 heavy (non-hydrogen) atoms. The van der Waals surface area contributed by atoms with E-state index in [-0.39, 0.29) is 12.5 Å². The molecule has 5 nitrogen and oxygen atoms in total. The van der Waals surface area contributed by atoms with E-state index >= 15 is 0 Å². The van der Waals surface area contributed by atoms with Gasteiger partial charge >= 0.3 is 0 Å². The molecule has 1 aromatic heterocycles. The molecule has 0 spiro atoms. The summed E-state index contributed by atoms with van der Waals surface area (Å²) in [5.41, 5.74) is 1.54. The van der Waals surface area contributed by atoms with E-state index in [1.54, 1.807) is 16.6 Å². The number of nitrogens with zero attached hydrogens (tertiary/aromatic N) is 3. The standard InChI is InChI=1S/C12H19N3O2/c1-3-9-8-11(14(2)13-9)12(17)15(6-7-16)10-4-5-10/h8,10,16H,3-7H2,1-2H3. The first-order chi connectivity index (χ1) is 8.17. The fourth-order valence-electron chi connectivity index (χ4n) is 1.99. The molecular formula is C12H19N3O2. The van der Waals surface area contributed by atoms with E-state index in [1.807, 2.05) is 13.0 Å². The van der Waals surface area contributed by atoms with Crippen molar-refractivity contribution in [3.63, 3.8) is 0 Å². The Labute approximate surface area is 101 Å². The van der Waals surface area contributed by atoms with Crippen molar-refractivity contribution < 1.29 is 9.90 Å². The van der Waals surface area contributed by atoms with Crippen LogP contribution in [-0.2, 0) is 13.5 Å². The highest BCUT2D eigenvalue weighted by molar-refractivity contribution is 5.93. The zero-order chi connectivity index (χ0) is 12.4. The van der Waals surface area contributed by atoms with Gasteiger partial charge in [-0.2, -0.15) is 5.10 Å². The van der Waals surface area contributed by atoms with Crippen molar-refractivity contribution in [3.05, 3.63) is 17.5 Å². The zero-order valence-electron chi connectivity index (χ0n) is 10.4. The third kappa shape index (κ3) is 2.49. The van der Waals surface area contributed by atoms with E-state index in [0.29, 0.717) is 18.3 Å². The minimum Gasteiger partial charge on any atom is -0.395 e. The maximum Gasteiger partial charge on any atom is 0.272 e. The van der Waals surface area contributed by atoms with Crippen LogP contribution in [0.15, 0.2) is 6.07 Å². The molecule has 1 heterocycles. The van der Waals surface area contributed by atoms with Crippen LogP contribution < -0.4 is 0 Å². The van der Waals surface area contributed by atoms with Crippen LogP contribution in [0.3, 0.4) is 0 Å². The Morgan fingerprint density at radius 1 is 1.65 bits per heavy atom. The second-order valence-corrected chi connectivity index (χ2v) is 4.45. The molecule has 1 aromatic rings.